The van der Waals surface area contributed by atoms with Gasteiger partial charge in [0.25, 0.3) is 0 Å². The monoisotopic (exact) mass is 340 g/mol. The van der Waals surface area contributed by atoms with Gasteiger partial charge in [-0.25, -0.2) is 4.79 Å². The van der Waals surface area contributed by atoms with Crippen molar-refractivity contribution < 1.29 is 9.90 Å². The van der Waals surface area contributed by atoms with Crippen LogP contribution in [0.2, 0.25) is 0 Å². The molecule has 6 nitrogen and oxygen atoms in total. The third kappa shape index (κ3) is 4.64. The van der Waals surface area contributed by atoms with Crippen molar-refractivity contribution in [3.63, 3.8) is 0 Å². The molecule has 0 spiro atoms. The SMILES string of the molecule is CCN1CCN(c2cccc(NC(=O)Nc3ccc(O)cc3)c2)CC1. The fourth-order valence-corrected chi connectivity index (χ4v) is 2.94. The van der Waals surface area contributed by atoms with Crippen LogP contribution in [0.1, 0.15) is 6.92 Å². The molecular formula is C19H24N4O2. The highest BCUT2D eigenvalue weighted by molar-refractivity contribution is 6.00. The molecule has 0 unspecified atom stereocenters. The number of benzene rings is 2. The summed E-state index contributed by atoms with van der Waals surface area (Å²) in [6, 6.07) is 14.0. The van der Waals surface area contributed by atoms with Gasteiger partial charge in [0, 0.05) is 43.2 Å². The lowest BCUT2D eigenvalue weighted by atomic mass is 10.2. The number of phenolic OH excluding ortho intramolecular Hbond substituents is 1. The van der Waals surface area contributed by atoms with E-state index in [1.807, 2.05) is 18.2 Å². The van der Waals surface area contributed by atoms with E-state index in [9.17, 15) is 9.90 Å². The van der Waals surface area contributed by atoms with E-state index in [1.165, 1.54) is 12.1 Å². The smallest absolute Gasteiger partial charge is 0.323 e. The Morgan fingerprint density at radius 1 is 1.00 bits per heavy atom. The summed E-state index contributed by atoms with van der Waals surface area (Å²) in [5.41, 5.74) is 2.51. The predicted molar refractivity (Wildman–Crippen MR) is 102 cm³/mol. The van der Waals surface area contributed by atoms with Gasteiger partial charge in [-0.2, -0.15) is 0 Å². The van der Waals surface area contributed by atoms with E-state index >= 15 is 0 Å². The standard InChI is InChI=1S/C19H24N4O2/c1-2-22-10-12-23(13-11-22)17-5-3-4-16(14-17)21-19(25)20-15-6-8-18(24)9-7-15/h3-9,14,24H,2,10-13H2,1H3,(H2,20,21,25). The van der Waals surface area contributed by atoms with Crippen molar-refractivity contribution in [3.8, 4) is 5.75 Å². The largest absolute Gasteiger partial charge is 0.508 e. The quantitative estimate of drug-likeness (QED) is 0.748. The summed E-state index contributed by atoms with van der Waals surface area (Å²) in [5, 5.41) is 14.9. The molecule has 3 rings (SSSR count). The van der Waals surface area contributed by atoms with E-state index in [0.717, 1.165) is 44.1 Å². The maximum Gasteiger partial charge on any atom is 0.323 e. The van der Waals surface area contributed by atoms with Gasteiger partial charge in [0.15, 0.2) is 0 Å². The Labute approximate surface area is 148 Å². The number of amides is 2. The summed E-state index contributed by atoms with van der Waals surface area (Å²) in [6.07, 6.45) is 0. The number of rotatable bonds is 4. The Balaban J connectivity index is 1.59. The minimum absolute atomic E-state index is 0.168. The summed E-state index contributed by atoms with van der Waals surface area (Å²) in [4.78, 5) is 16.9. The van der Waals surface area contributed by atoms with E-state index in [0.29, 0.717) is 5.69 Å². The summed E-state index contributed by atoms with van der Waals surface area (Å²) in [7, 11) is 0. The van der Waals surface area contributed by atoms with Gasteiger partial charge in [0.2, 0.25) is 0 Å². The molecule has 2 aromatic rings. The van der Waals surface area contributed by atoms with Crippen LogP contribution in [-0.2, 0) is 0 Å². The molecule has 0 radical (unpaired) electrons. The highest BCUT2D eigenvalue weighted by Gasteiger charge is 2.16. The zero-order valence-corrected chi connectivity index (χ0v) is 14.4. The number of urea groups is 1. The zero-order valence-electron chi connectivity index (χ0n) is 14.4. The van der Waals surface area contributed by atoms with Crippen molar-refractivity contribution >= 4 is 23.1 Å². The first-order valence-electron chi connectivity index (χ1n) is 8.58. The molecule has 0 atom stereocenters. The van der Waals surface area contributed by atoms with Gasteiger partial charge in [-0.15, -0.1) is 0 Å². The molecule has 0 aromatic heterocycles. The van der Waals surface area contributed by atoms with Crippen LogP contribution < -0.4 is 15.5 Å². The normalized spacial score (nSPS) is 15.0. The number of hydrogen-bond acceptors (Lipinski definition) is 4. The van der Waals surface area contributed by atoms with Gasteiger partial charge in [0.05, 0.1) is 0 Å². The van der Waals surface area contributed by atoms with Crippen molar-refractivity contribution in [2.45, 2.75) is 6.92 Å². The second kappa shape index (κ2) is 7.90. The van der Waals surface area contributed by atoms with Crippen LogP contribution in [0, 0.1) is 0 Å². The number of anilines is 3. The van der Waals surface area contributed by atoms with Crippen molar-refractivity contribution in [1.29, 1.82) is 0 Å². The third-order valence-corrected chi connectivity index (χ3v) is 4.41. The van der Waals surface area contributed by atoms with Crippen LogP contribution in [0.15, 0.2) is 48.5 Å². The first kappa shape index (κ1) is 17.1. The molecule has 1 fully saturated rings. The van der Waals surface area contributed by atoms with E-state index in [2.05, 4.69) is 33.4 Å². The molecule has 2 aromatic carbocycles. The molecule has 0 bridgehead atoms. The first-order valence-corrected chi connectivity index (χ1v) is 8.58. The minimum Gasteiger partial charge on any atom is -0.508 e. The molecule has 2 amide bonds. The number of hydrogen-bond donors (Lipinski definition) is 3. The molecule has 25 heavy (non-hydrogen) atoms. The molecule has 6 heteroatoms. The van der Waals surface area contributed by atoms with Crippen molar-refractivity contribution in [2.24, 2.45) is 0 Å². The van der Waals surface area contributed by atoms with Crippen LogP contribution in [0.4, 0.5) is 21.9 Å². The lowest BCUT2D eigenvalue weighted by Gasteiger charge is -2.35. The molecule has 1 aliphatic rings. The first-order chi connectivity index (χ1) is 12.1. The topological polar surface area (TPSA) is 67.8 Å². The average molecular weight is 340 g/mol. The molecule has 1 saturated heterocycles. The summed E-state index contributed by atoms with van der Waals surface area (Å²) in [5.74, 6) is 0.168. The Morgan fingerprint density at radius 2 is 1.68 bits per heavy atom. The van der Waals surface area contributed by atoms with Crippen LogP contribution in [0.3, 0.4) is 0 Å². The fraction of sp³-hybridized carbons (Fsp3) is 0.316. The number of nitrogens with one attached hydrogen (secondary N) is 2. The summed E-state index contributed by atoms with van der Waals surface area (Å²) >= 11 is 0. The lowest BCUT2D eigenvalue weighted by molar-refractivity contribution is 0.262. The Morgan fingerprint density at radius 3 is 2.36 bits per heavy atom. The molecule has 1 heterocycles. The zero-order chi connectivity index (χ0) is 17.6. The van der Waals surface area contributed by atoms with Gasteiger partial charge >= 0.3 is 6.03 Å². The Hall–Kier alpha value is -2.73. The number of aromatic hydroxyl groups is 1. The maximum absolute atomic E-state index is 12.1. The van der Waals surface area contributed by atoms with E-state index in [1.54, 1.807) is 12.1 Å². The second-order valence-corrected chi connectivity index (χ2v) is 6.10. The van der Waals surface area contributed by atoms with Gasteiger partial charge in [0.1, 0.15) is 5.75 Å². The fourth-order valence-electron chi connectivity index (χ4n) is 2.94. The highest BCUT2D eigenvalue weighted by Crippen LogP contribution is 2.21. The second-order valence-electron chi connectivity index (χ2n) is 6.10. The van der Waals surface area contributed by atoms with E-state index in [4.69, 9.17) is 0 Å². The van der Waals surface area contributed by atoms with Gasteiger partial charge in [-0.05, 0) is 49.0 Å². The van der Waals surface area contributed by atoms with Gasteiger partial charge in [-0.1, -0.05) is 13.0 Å². The number of piperazine rings is 1. The van der Waals surface area contributed by atoms with Gasteiger partial charge < -0.3 is 25.5 Å². The number of phenols is 1. The molecule has 0 aliphatic carbocycles. The number of likely N-dealkylation sites (N-methyl/N-ethyl adjacent to an activating group) is 1. The van der Waals surface area contributed by atoms with Crippen LogP contribution in [0.5, 0.6) is 5.75 Å². The van der Waals surface area contributed by atoms with Crippen LogP contribution in [0.25, 0.3) is 0 Å². The maximum atomic E-state index is 12.1. The van der Waals surface area contributed by atoms with Crippen LogP contribution >= 0.6 is 0 Å². The number of carbonyl (C=O) groups is 1. The Bertz CT molecular complexity index is 710. The highest BCUT2D eigenvalue weighted by atomic mass is 16.3. The third-order valence-electron chi connectivity index (χ3n) is 4.41. The van der Waals surface area contributed by atoms with E-state index in [-0.39, 0.29) is 11.8 Å². The van der Waals surface area contributed by atoms with Crippen molar-refractivity contribution in [2.75, 3.05) is 48.3 Å². The van der Waals surface area contributed by atoms with E-state index < -0.39 is 0 Å². The predicted octanol–water partition coefficient (Wildman–Crippen LogP) is 3.18. The van der Waals surface area contributed by atoms with Gasteiger partial charge in [-0.3, -0.25) is 0 Å². The molecule has 0 saturated carbocycles. The summed E-state index contributed by atoms with van der Waals surface area (Å²) in [6.45, 7) is 7.40. The van der Waals surface area contributed by atoms with Crippen molar-refractivity contribution in [3.05, 3.63) is 48.5 Å². The molecule has 132 valence electrons. The molecule has 3 N–H and O–H groups in total. The Kier molecular flexibility index (Phi) is 5.40. The number of nitrogens with zero attached hydrogens (tertiary/aromatic N) is 2. The average Bonchev–Trinajstić information content (AvgIpc) is 2.64. The van der Waals surface area contributed by atoms with Crippen LogP contribution in [-0.4, -0.2) is 48.8 Å². The summed E-state index contributed by atoms with van der Waals surface area (Å²) < 4.78 is 0. The minimum atomic E-state index is -0.307. The lowest BCUT2D eigenvalue weighted by Crippen LogP contribution is -2.46. The van der Waals surface area contributed by atoms with Crippen molar-refractivity contribution in [1.82, 2.24) is 4.90 Å². The molecule has 1 aliphatic heterocycles. The molecular weight excluding hydrogens is 316 g/mol. The number of carbonyl (C=O) groups excluding carboxylic acids is 1.